The molecule has 0 saturated carbocycles. The Hall–Kier alpha value is -1.81. The Morgan fingerprint density at radius 2 is 1.89 bits per heavy atom. The Morgan fingerprint density at radius 3 is 2.63 bits per heavy atom. The van der Waals surface area contributed by atoms with Crippen LogP contribution in [-0.4, -0.2) is 19.3 Å². The van der Waals surface area contributed by atoms with E-state index < -0.39 is 6.55 Å². The van der Waals surface area contributed by atoms with Crippen molar-refractivity contribution in [3.63, 3.8) is 0 Å². The number of rotatable bonds is 5. The van der Waals surface area contributed by atoms with Gasteiger partial charge in [-0.1, -0.05) is 46.8 Å². The van der Waals surface area contributed by atoms with E-state index in [0.29, 0.717) is 30.2 Å². The van der Waals surface area contributed by atoms with E-state index in [1.165, 1.54) is 23.1 Å². The minimum Gasteiger partial charge on any atom is -0.269 e. The maximum atomic E-state index is 13.5. The molecule has 0 amide bonds. The third-order valence-corrected chi connectivity index (χ3v) is 6.40. The second-order valence-electron chi connectivity index (χ2n) is 5.48. The number of hydrogen-bond donors (Lipinski definition) is 0. The van der Waals surface area contributed by atoms with Crippen molar-refractivity contribution in [2.75, 3.05) is 0 Å². The summed E-state index contributed by atoms with van der Waals surface area (Å²) in [5.41, 5.74) is 1.77. The highest BCUT2D eigenvalue weighted by molar-refractivity contribution is 8.00. The molecule has 138 valence electrons. The summed E-state index contributed by atoms with van der Waals surface area (Å²) >= 11 is 13.9. The van der Waals surface area contributed by atoms with Gasteiger partial charge in [-0.05, 0) is 48.6 Å². The van der Waals surface area contributed by atoms with Gasteiger partial charge in [0.25, 0.3) is 0 Å². The largest absolute Gasteiger partial charge is 0.320 e. The number of hydrogen-bond acceptors (Lipinski definition) is 5. The molecular weight excluding hydrogens is 430 g/mol. The van der Waals surface area contributed by atoms with Crippen molar-refractivity contribution < 1.29 is 8.78 Å². The summed E-state index contributed by atoms with van der Waals surface area (Å²) in [4.78, 5) is 4.34. The molecule has 27 heavy (non-hydrogen) atoms. The van der Waals surface area contributed by atoms with Crippen LogP contribution in [0.25, 0.3) is 16.7 Å². The molecule has 0 fully saturated rings. The van der Waals surface area contributed by atoms with E-state index in [1.807, 2.05) is 12.1 Å². The lowest BCUT2D eigenvalue weighted by Gasteiger charge is -2.06. The number of para-hydroxylation sites is 2. The highest BCUT2D eigenvalue weighted by Gasteiger charge is 2.18. The number of fused-ring (bicyclic) bond motifs is 1. The molecule has 0 aliphatic heterocycles. The van der Waals surface area contributed by atoms with Crippen molar-refractivity contribution in [3.8, 4) is 5.69 Å². The molecule has 0 atom stereocenters. The van der Waals surface area contributed by atoms with Crippen LogP contribution in [-0.2, 0) is 5.75 Å². The Balaban J connectivity index is 1.60. The van der Waals surface area contributed by atoms with Crippen LogP contribution >= 0.6 is 46.9 Å². The van der Waals surface area contributed by atoms with Gasteiger partial charge in [0.15, 0.2) is 8.29 Å². The first-order valence-electron chi connectivity index (χ1n) is 7.76. The molecule has 4 aromatic rings. The van der Waals surface area contributed by atoms with Gasteiger partial charge in [0, 0.05) is 5.02 Å². The highest BCUT2D eigenvalue weighted by atomic mass is 35.5. The lowest BCUT2D eigenvalue weighted by molar-refractivity contribution is 0.0722. The fourth-order valence-corrected chi connectivity index (χ4v) is 5.02. The van der Waals surface area contributed by atoms with Gasteiger partial charge >= 0.3 is 6.55 Å². The summed E-state index contributed by atoms with van der Waals surface area (Å²) in [6.07, 6.45) is 0. The van der Waals surface area contributed by atoms with E-state index in [9.17, 15) is 8.78 Å². The molecule has 0 radical (unpaired) electrons. The van der Waals surface area contributed by atoms with Crippen LogP contribution in [0.5, 0.6) is 0 Å². The SMILES string of the molecule is FC(F)n1c(CSc2nn(-c3ccc(Cl)cc3)c(=S)s2)nc2ccccc21. The molecule has 0 unspecified atom stereocenters. The predicted molar refractivity (Wildman–Crippen MR) is 108 cm³/mol. The van der Waals surface area contributed by atoms with Crippen LogP contribution in [0.4, 0.5) is 8.78 Å². The van der Waals surface area contributed by atoms with Crippen LogP contribution in [0.2, 0.25) is 5.02 Å². The first-order chi connectivity index (χ1) is 13.0. The minimum absolute atomic E-state index is 0.266. The number of aromatic nitrogens is 4. The number of imidazole rings is 1. The van der Waals surface area contributed by atoms with Crippen LogP contribution in [0, 0.1) is 3.95 Å². The Kier molecular flexibility index (Phi) is 5.27. The molecule has 0 bridgehead atoms. The van der Waals surface area contributed by atoms with E-state index >= 15 is 0 Å². The monoisotopic (exact) mass is 440 g/mol. The summed E-state index contributed by atoms with van der Waals surface area (Å²) in [6, 6.07) is 14.0. The number of nitrogens with zero attached hydrogens (tertiary/aromatic N) is 4. The van der Waals surface area contributed by atoms with Gasteiger partial charge in [-0.3, -0.25) is 4.57 Å². The molecule has 4 rings (SSSR count). The first-order valence-corrected chi connectivity index (χ1v) is 10.3. The number of benzene rings is 2. The second-order valence-corrected chi connectivity index (χ2v) is 8.76. The van der Waals surface area contributed by atoms with E-state index in [0.717, 1.165) is 10.3 Å². The zero-order valence-corrected chi connectivity index (χ0v) is 16.8. The summed E-state index contributed by atoms with van der Waals surface area (Å²) in [7, 11) is 0. The third kappa shape index (κ3) is 3.77. The molecule has 2 aromatic heterocycles. The maximum Gasteiger partial charge on any atom is 0.320 e. The Bertz CT molecular complexity index is 1150. The summed E-state index contributed by atoms with van der Waals surface area (Å²) < 4.78 is 30.9. The quantitative estimate of drug-likeness (QED) is 0.267. The van der Waals surface area contributed by atoms with Crippen LogP contribution in [0.1, 0.15) is 12.4 Å². The molecule has 2 aromatic carbocycles. The van der Waals surface area contributed by atoms with E-state index in [2.05, 4.69) is 10.1 Å². The van der Waals surface area contributed by atoms with Gasteiger partial charge in [0.2, 0.25) is 0 Å². The molecule has 0 aliphatic rings. The van der Waals surface area contributed by atoms with Crippen molar-refractivity contribution in [3.05, 3.63) is 63.3 Å². The van der Waals surface area contributed by atoms with Gasteiger partial charge in [-0.25, -0.2) is 9.67 Å². The smallest absolute Gasteiger partial charge is 0.269 e. The van der Waals surface area contributed by atoms with Crippen molar-refractivity contribution in [1.29, 1.82) is 0 Å². The van der Waals surface area contributed by atoms with Gasteiger partial charge in [0.05, 0.1) is 22.5 Å². The van der Waals surface area contributed by atoms with Crippen molar-refractivity contribution in [2.24, 2.45) is 0 Å². The Morgan fingerprint density at radius 1 is 1.15 bits per heavy atom. The predicted octanol–water partition coefficient (Wildman–Crippen LogP) is 6.35. The molecule has 0 aliphatic carbocycles. The van der Waals surface area contributed by atoms with Crippen LogP contribution in [0.3, 0.4) is 0 Å². The van der Waals surface area contributed by atoms with Gasteiger partial charge in [0.1, 0.15) is 5.82 Å². The summed E-state index contributed by atoms with van der Waals surface area (Å²) in [5, 5.41) is 5.11. The zero-order chi connectivity index (χ0) is 19.0. The van der Waals surface area contributed by atoms with E-state index in [4.69, 9.17) is 23.8 Å². The van der Waals surface area contributed by atoms with Crippen molar-refractivity contribution in [1.82, 2.24) is 19.3 Å². The molecule has 0 N–H and O–H groups in total. The minimum atomic E-state index is -2.65. The number of thioether (sulfide) groups is 1. The van der Waals surface area contributed by atoms with Gasteiger partial charge < -0.3 is 0 Å². The highest BCUT2D eigenvalue weighted by Crippen LogP contribution is 2.30. The maximum absolute atomic E-state index is 13.5. The number of alkyl halides is 2. The first kappa shape index (κ1) is 18.5. The molecular formula is C17H11ClF2N4S3. The summed E-state index contributed by atoms with van der Waals surface area (Å²) in [5.74, 6) is 0.567. The zero-order valence-electron chi connectivity index (χ0n) is 13.6. The van der Waals surface area contributed by atoms with Crippen LogP contribution in [0.15, 0.2) is 52.9 Å². The average Bonchev–Trinajstić information content (AvgIpc) is 3.20. The van der Waals surface area contributed by atoms with Gasteiger partial charge in [-0.2, -0.15) is 8.78 Å². The van der Waals surface area contributed by atoms with Crippen molar-refractivity contribution >= 4 is 58.0 Å². The number of halogens is 3. The lowest BCUT2D eigenvalue weighted by atomic mass is 10.3. The van der Waals surface area contributed by atoms with Crippen LogP contribution < -0.4 is 0 Å². The third-order valence-electron chi connectivity index (χ3n) is 3.79. The normalized spacial score (nSPS) is 11.6. The average molecular weight is 441 g/mol. The standard InChI is InChI=1S/C17H11ClF2N4S3/c18-10-5-7-11(8-6-10)24-17(25)27-16(22-24)26-9-14-21-12-3-1-2-4-13(12)23(14)15(19)20/h1-8,15H,9H2. The summed E-state index contributed by atoms with van der Waals surface area (Å²) in [6.45, 7) is -2.65. The van der Waals surface area contributed by atoms with Gasteiger partial charge in [-0.15, -0.1) is 5.10 Å². The Labute approximate surface area is 171 Å². The molecule has 2 heterocycles. The molecule has 10 heteroatoms. The topological polar surface area (TPSA) is 35.6 Å². The molecule has 0 spiro atoms. The molecule has 0 saturated heterocycles. The van der Waals surface area contributed by atoms with E-state index in [1.54, 1.807) is 41.1 Å². The fourth-order valence-electron chi connectivity index (χ4n) is 2.60. The van der Waals surface area contributed by atoms with Crippen molar-refractivity contribution in [2.45, 2.75) is 16.6 Å². The fraction of sp³-hybridized carbons (Fsp3) is 0.118. The lowest BCUT2D eigenvalue weighted by Crippen LogP contribution is -2.03. The second kappa shape index (κ2) is 7.67. The van der Waals surface area contributed by atoms with E-state index in [-0.39, 0.29) is 5.75 Å². The molecule has 4 nitrogen and oxygen atoms in total.